The summed E-state index contributed by atoms with van der Waals surface area (Å²) in [6.45, 7) is 3.11. The summed E-state index contributed by atoms with van der Waals surface area (Å²) in [5.74, 6) is 0.406. The Morgan fingerprint density at radius 2 is 2.41 bits per heavy atom. The van der Waals surface area contributed by atoms with Gasteiger partial charge in [-0.1, -0.05) is 6.92 Å². The van der Waals surface area contributed by atoms with Crippen LogP contribution in [0.3, 0.4) is 0 Å². The summed E-state index contributed by atoms with van der Waals surface area (Å²) < 4.78 is 18.8. The summed E-state index contributed by atoms with van der Waals surface area (Å²) in [5.41, 5.74) is 1.10. The molecule has 90 valence electrons. The highest BCUT2D eigenvalue weighted by molar-refractivity contribution is 5.72. The molecule has 1 fully saturated rings. The van der Waals surface area contributed by atoms with Gasteiger partial charge in [-0.2, -0.15) is 0 Å². The molecule has 0 radical (unpaired) electrons. The fourth-order valence-corrected chi connectivity index (χ4v) is 2.54. The smallest absolute Gasteiger partial charge is 0.215 e. The molecule has 1 saturated heterocycles. The van der Waals surface area contributed by atoms with Crippen LogP contribution >= 0.6 is 0 Å². The van der Waals surface area contributed by atoms with Crippen LogP contribution in [-0.4, -0.2) is 11.5 Å². The van der Waals surface area contributed by atoms with Crippen molar-refractivity contribution in [3.63, 3.8) is 0 Å². The molecule has 2 aromatic rings. The predicted molar refractivity (Wildman–Crippen MR) is 63.2 cm³/mol. The first-order valence-electron chi connectivity index (χ1n) is 6.05. The predicted octanol–water partition coefficient (Wildman–Crippen LogP) is 2.96. The third kappa shape index (κ3) is 1.63. The maximum absolute atomic E-state index is 13.1. The van der Waals surface area contributed by atoms with Crippen molar-refractivity contribution in [2.24, 2.45) is 0 Å². The van der Waals surface area contributed by atoms with Crippen LogP contribution in [-0.2, 0) is 5.54 Å². The molecule has 1 N–H and O–H groups in total. The average Bonchev–Trinajstić information content (AvgIpc) is 2.94. The zero-order valence-electron chi connectivity index (χ0n) is 9.79. The van der Waals surface area contributed by atoms with Gasteiger partial charge in [0.2, 0.25) is 5.89 Å². The quantitative estimate of drug-likeness (QED) is 0.868. The van der Waals surface area contributed by atoms with Gasteiger partial charge in [0.25, 0.3) is 0 Å². The van der Waals surface area contributed by atoms with Gasteiger partial charge < -0.3 is 9.73 Å². The second-order valence-electron chi connectivity index (χ2n) is 4.60. The number of fused-ring (bicyclic) bond motifs is 1. The lowest BCUT2D eigenvalue weighted by Crippen LogP contribution is -2.36. The number of nitrogens with one attached hydrogen (secondary N) is 1. The molecule has 4 heteroatoms. The van der Waals surface area contributed by atoms with Crippen molar-refractivity contribution in [2.45, 2.75) is 31.7 Å². The standard InChI is InChI=1S/C13H15FN2O/c1-2-13(6-3-7-15-13)12-16-10-5-4-9(14)8-11(10)17-12/h4-5,8,15H,2-3,6-7H2,1H3. The van der Waals surface area contributed by atoms with E-state index in [9.17, 15) is 4.39 Å². The molecular formula is C13H15FN2O. The third-order valence-corrected chi connectivity index (χ3v) is 3.61. The molecule has 0 amide bonds. The number of rotatable bonds is 2. The van der Waals surface area contributed by atoms with Crippen molar-refractivity contribution in [2.75, 3.05) is 6.54 Å². The molecule has 0 saturated carbocycles. The van der Waals surface area contributed by atoms with Gasteiger partial charge in [0.15, 0.2) is 5.58 Å². The normalized spacial score (nSPS) is 24.6. The number of oxazole rings is 1. The van der Waals surface area contributed by atoms with Gasteiger partial charge in [0.05, 0.1) is 5.54 Å². The minimum atomic E-state index is -0.287. The van der Waals surface area contributed by atoms with Crippen LogP contribution in [0.25, 0.3) is 11.1 Å². The van der Waals surface area contributed by atoms with Gasteiger partial charge in [0, 0.05) is 6.07 Å². The summed E-state index contributed by atoms with van der Waals surface area (Å²) >= 11 is 0. The monoisotopic (exact) mass is 234 g/mol. The van der Waals surface area contributed by atoms with Crippen LogP contribution in [0.4, 0.5) is 4.39 Å². The molecule has 0 bridgehead atoms. The van der Waals surface area contributed by atoms with E-state index in [1.807, 2.05) is 0 Å². The van der Waals surface area contributed by atoms with E-state index >= 15 is 0 Å². The fourth-order valence-electron chi connectivity index (χ4n) is 2.54. The third-order valence-electron chi connectivity index (χ3n) is 3.61. The van der Waals surface area contributed by atoms with E-state index in [0.717, 1.165) is 31.3 Å². The molecule has 1 aliphatic rings. The zero-order valence-corrected chi connectivity index (χ0v) is 9.79. The van der Waals surface area contributed by atoms with Crippen molar-refractivity contribution >= 4 is 11.1 Å². The van der Waals surface area contributed by atoms with Gasteiger partial charge in [-0.05, 0) is 37.9 Å². The maximum atomic E-state index is 13.1. The molecule has 1 aromatic carbocycles. The van der Waals surface area contributed by atoms with Crippen LogP contribution in [0.5, 0.6) is 0 Å². The van der Waals surface area contributed by atoms with Crippen LogP contribution < -0.4 is 5.32 Å². The van der Waals surface area contributed by atoms with Crippen molar-refractivity contribution in [3.8, 4) is 0 Å². The number of aromatic nitrogens is 1. The van der Waals surface area contributed by atoms with Gasteiger partial charge in [-0.25, -0.2) is 9.37 Å². The topological polar surface area (TPSA) is 38.1 Å². The first-order chi connectivity index (χ1) is 8.23. The van der Waals surface area contributed by atoms with Crippen molar-refractivity contribution in [1.29, 1.82) is 0 Å². The Kier molecular flexibility index (Phi) is 2.40. The van der Waals surface area contributed by atoms with Crippen molar-refractivity contribution in [3.05, 3.63) is 29.9 Å². The van der Waals surface area contributed by atoms with E-state index < -0.39 is 0 Å². The highest BCUT2D eigenvalue weighted by Crippen LogP contribution is 2.35. The lowest BCUT2D eigenvalue weighted by atomic mass is 9.94. The molecular weight excluding hydrogens is 219 g/mol. The summed E-state index contributed by atoms with van der Waals surface area (Å²) in [5, 5.41) is 3.46. The largest absolute Gasteiger partial charge is 0.439 e. The lowest BCUT2D eigenvalue weighted by Gasteiger charge is -2.23. The van der Waals surface area contributed by atoms with Gasteiger partial charge in [-0.15, -0.1) is 0 Å². The second kappa shape index (κ2) is 3.81. The number of benzene rings is 1. The Bertz CT molecular complexity index is 543. The first kappa shape index (κ1) is 10.7. The molecule has 0 aliphatic carbocycles. The van der Waals surface area contributed by atoms with Gasteiger partial charge in [0.1, 0.15) is 11.3 Å². The number of hydrogen-bond donors (Lipinski definition) is 1. The van der Waals surface area contributed by atoms with E-state index in [4.69, 9.17) is 4.42 Å². The minimum absolute atomic E-state index is 0.157. The van der Waals surface area contributed by atoms with Crippen LogP contribution in [0, 0.1) is 5.82 Å². The molecule has 3 rings (SSSR count). The van der Waals surface area contributed by atoms with Crippen LogP contribution in [0.2, 0.25) is 0 Å². The molecule has 3 nitrogen and oxygen atoms in total. The molecule has 0 spiro atoms. The lowest BCUT2D eigenvalue weighted by molar-refractivity contribution is 0.292. The Morgan fingerprint density at radius 3 is 3.12 bits per heavy atom. The summed E-state index contributed by atoms with van der Waals surface area (Å²) in [7, 11) is 0. The Balaban J connectivity index is 2.11. The Labute approximate surface area is 99.0 Å². The van der Waals surface area contributed by atoms with Crippen LogP contribution in [0.1, 0.15) is 32.1 Å². The highest BCUT2D eigenvalue weighted by Gasteiger charge is 2.38. The Hall–Kier alpha value is -1.42. The van der Waals surface area contributed by atoms with Crippen LogP contribution in [0.15, 0.2) is 22.6 Å². The summed E-state index contributed by atoms with van der Waals surface area (Å²) in [4.78, 5) is 4.48. The van der Waals surface area contributed by atoms with Gasteiger partial charge >= 0.3 is 0 Å². The fraction of sp³-hybridized carbons (Fsp3) is 0.462. The summed E-state index contributed by atoms with van der Waals surface area (Å²) in [6, 6.07) is 4.47. The average molecular weight is 234 g/mol. The Morgan fingerprint density at radius 1 is 1.53 bits per heavy atom. The number of nitrogens with zero attached hydrogens (tertiary/aromatic N) is 1. The van der Waals surface area contributed by atoms with E-state index in [1.54, 1.807) is 6.07 Å². The maximum Gasteiger partial charge on any atom is 0.215 e. The SMILES string of the molecule is CCC1(c2nc3ccc(F)cc3o2)CCCN1. The molecule has 1 aliphatic heterocycles. The number of hydrogen-bond acceptors (Lipinski definition) is 3. The summed E-state index contributed by atoms with van der Waals surface area (Å²) in [6.07, 6.45) is 3.09. The zero-order chi connectivity index (χ0) is 11.9. The molecule has 1 unspecified atom stereocenters. The molecule has 2 heterocycles. The van der Waals surface area contributed by atoms with E-state index in [-0.39, 0.29) is 11.4 Å². The van der Waals surface area contributed by atoms with E-state index in [2.05, 4.69) is 17.2 Å². The van der Waals surface area contributed by atoms with Crippen molar-refractivity contribution < 1.29 is 8.81 Å². The first-order valence-corrected chi connectivity index (χ1v) is 6.05. The molecule has 1 aromatic heterocycles. The molecule has 1 atom stereocenters. The molecule has 17 heavy (non-hydrogen) atoms. The second-order valence-corrected chi connectivity index (χ2v) is 4.60. The van der Waals surface area contributed by atoms with E-state index in [0.29, 0.717) is 11.5 Å². The number of halogens is 1. The van der Waals surface area contributed by atoms with Crippen molar-refractivity contribution in [1.82, 2.24) is 10.3 Å². The highest BCUT2D eigenvalue weighted by atomic mass is 19.1. The van der Waals surface area contributed by atoms with E-state index in [1.165, 1.54) is 12.1 Å². The van der Waals surface area contributed by atoms with Gasteiger partial charge in [-0.3, -0.25) is 0 Å². The minimum Gasteiger partial charge on any atom is -0.439 e.